The molecule has 0 saturated carbocycles. The minimum absolute atomic E-state index is 0. The molecule has 172 valence electrons. The van der Waals surface area contributed by atoms with Crippen molar-refractivity contribution in [2.75, 3.05) is 54.9 Å². The molecule has 0 amide bonds. The Hall–Kier alpha value is -1.72. The van der Waals surface area contributed by atoms with Gasteiger partial charge < -0.3 is 4.90 Å². The van der Waals surface area contributed by atoms with Crippen LogP contribution in [0.4, 0.5) is 30.2 Å². The summed E-state index contributed by atoms with van der Waals surface area (Å²) in [5.41, 5.74) is -0.459. The lowest BCUT2D eigenvalue weighted by Crippen LogP contribution is -2.48. The van der Waals surface area contributed by atoms with Crippen molar-refractivity contribution in [3.05, 3.63) is 53.8 Å². The Balaban J connectivity index is 0.00000171. The zero-order valence-electron chi connectivity index (χ0n) is 16.7. The minimum Gasteiger partial charge on any atom is -0.304 e. The quantitative estimate of drug-likeness (QED) is 0.648. The van der Waals surface area contributed by atoms with E-state index in [1.54, 1.807) is 0 Å². The van der Waals surface area contributed by atoms with Crippen LogP contribution in [0.25, 0.3) is 0 Å². The molecule has 2 aliphatic rings. The first-order valence-electron chi connectivity index (χ1n) is 9.26. The van der Waals surface area contributed by atoms with Crippen LogP contribution in [0.2, 0.25) is 0 Å². The maximum atomic E-state index is 14.6. The van der Waals surface area contributed by atoms with Gasteiger partial charge in [0.15, 0.2) is 5.82 Å². The summed E-state index contributed by atoms with van der Waals surface area (Å²) in [6.45, 7) is 3.74. The van der Waals surface area contributed by atoms with E-state index in [-0.39, 0.29) is 48.4 Å². The van der Waals surface area contributed by atoms with Crippen LogP contribution in [0, 0.1) is 17.5 Å². The van der Waals surface area contributed by atoms with Gasteiger partial charge in [0, 0.05) is 45.3 Å². The summed E-state index contributed by atoms with van der Waals surface area (Å²) in [4.78, 5) is 4.29. The lowest BCUT2D eigenvalue weighted by molar-refractivity contribution is 0.158. The van der Waals surface area contributed by atoms with Crippen LogP contribution < -0.4 is 8.61 Å². The maximum Gasteiger partial charge on any atom is 0.331 e. The lowest BCUT2D eigenvalue weighted by Gasteiger charge is -2.33. The predicted octanol–water partition coefficient (Wildman–Crippen LogP) is 3.40. The zero-order valence-corrected chi connectivity index (χ0v) is 19.1. The van der Waals surface area contributed by atoms with E-state index in [0.717, 1.165) is 46.9 Å². The van der Waals surface area contributed by atoms with E-state index in [1.807, 2.05) is 7.05 Å². The third-order valence-electron chi connectivity index (χ3n) is 5.29. The number of benzene rings is 2. The monoisotopic (exact) mass is 498 g/mol. The topological polar surface area (TPSA) is 47.1 Å². The number of nitrogens with zero attached hydrogens (tertiary/aromatic N) is 4. The maximum absolute atomic E-state index is 14.6. The molecule has 1 saturated heterocycles. The standard InChI is InChI=1S/C19H21F3N4O2S.2ClH/c1-23-7-9-24(10-8-23)11-12-25-19-15(21)3-2-4-18(19)26(29(25,27)28)17-6-5-14(20)13-16(17)22;;/h2-6,13H,7-12H2,1H3;2*1H. The highest BCUT2D eigenvalue weighted by molar-refractivity contribution is 7.95. The van der Waals surface area contributed by atoms with Crippen molar-refractivity contribution < 1.29 is 21.6 Å². The molecule has 2 aliphatic heterocycles. The number of anilines is 3. The number of halogens is 5. The van der Waals surface area contributed by atoms with Crippen LogP contribution in [0.1, 0.15) is 0 Å². The van der Waals surface area contributed by atoms with Crippen molar-refractivity contribution in [3.8, 4) is 0 Å². The van der Waals surface area contributed by atoms with E-state index in [2.05, 4.69) is 9.80 Å². The van der Waals surface area contributed by atoms with Gasteiger partial charge in [-0.3, -0.25) is 4.90 Å². The van der Waals surface area contributed by atoms with Crippen molar-refractivity contribution in [3.63, 3.8) is 0 Å². The number of piperazine rings is 1. The van der Waals surface area contributed by atoms with Gasteiger partial charge in [-0.05, 0) is 31.3 Å². The first kappa shape index (κ1) is 25.5. The Morgan fingerprint density at radius 2 is 1.55 bits per heavy atom. The molecule has 0 unspecified atom stereocenters. The van der Waals surface area contributed by atoms with Crippen molar-refractivity contribution >= 4 is 52.1 Å². The van der Waals surface area contributed by atoms with Gasteiger partial charge in [-0.1, -0.05) is 6.07 Å². The summed E-state index contributed by atoms with van der Waals surface area (Å²) < 4.78 is 70.6. The number of likely N-dealkylation sites (N-methyl/N-ethyl adjacent to an activating group) is 1. The van der Waals surface area contributed by atoms with E-state index >= 15 is 0 Å². The molecule has 0 atom stereocenters. The SMILES string of the molecule is CN1CCN(CCN2c3c(F)cccc3N(c3ccc(F)cc3F)S2(=O)=O)CC1.Cl.Cl. The van der Waals surface area contributed by atoms with Crippen LogP contribution in [-0.2, 0) is 10.2 Å². The molecule has 0 aliphatic carbocycles. The second-order valence-corrected chi connectivity index (χ2v) is 8.89. The Morgan fingerprint density at radius 3 is 2.19 bits per heavy atom. The minimum atomic E-state index is -4.28. The molecule has 0 aromatic heterocycles. The molecule has 1 fully saturated rings. The van der Waals surface area contributed by atoms with Gasteiger partial charge in [0.25, 0.3) is 0 Å². The number of rotatable bonds is 4. The van der Waals surface area contributed by atoms with Crippen molar-refractivity contribution in [1.29, 1.82) is 0 Å². The normalized spacial score (nSPS) is 18.3. The fourth-order valence-electron chi connectivity index (χ4n) is 3.68. The van der Waals surface area contributed by atoms with Gasteiger partial charge in [0.1, 0.15) is 17.3 Å². The molecule has 0 bridgehead atoms. The van der Waals surface area contributed by atoms with E-state index in [4.69, 9.17) is 0 Å². The third kappa shape index (κ3) is 4.73. The van der Waals surface area contributed by atoms with Gasteiger partial charge in [-0.2, -0.15) is 8.42 Å². The Kier molecular flexibility index (Phi) is 8.10. The number of hydrogen-bond acceptors (Lipinski definition) is 4. The van der Waals surface area contributed by atoms with Crippen molar-refractivity contribution in [2.45, 2.75) is 0 Å². The van der Waals surface area contributed by atoms with Crippen LogP contribution in [0.3, 0.4) is 0 Å². The van der Waals surface area contributed by atoms with Gasteiger partial charge in [0.2, 0.25) is 0 Å². The van der Waals surface area contributed by atoms with E-state index in [9.17, 15) is 21.6 Å². The first-order valence-corrected chi connectivity index (χ1v) is 10.7. The Morgan fingerprint density at radius 1 is 0.871 bits per heavy atom. The second kappa shape index (κ2) is 9.83. The molecule has 6 nitrogen and oxygen atoms in total. The summed E-state index contributed by atoms with van der Waals surface area (Å²) in [5, 5.41) is 0. The largest absolute Gasteiger partial charge is 0.331 e. The van der Waals surface area contributed by atoms with E-state index in [0.29, 0.717) is 12.6 Å². The third-order valence-corrected chi connectivity index (χ3v) is 7.06. The molecule has 12 heteroatoms. The molecule has 2 aromatic carbocycles. The van der Waals surface area contributed by atoms with Crippen LogP contribution in [-0.4, -0.2) is 64.5 Å². The first-order chi connectivity index (χ1) is 13.8. The highest BCUT2D eigenvalue weighted by Gasteiger charge is 2.44. The summed E-state index contributed by atoms with van der Waals surface area (Å²) in [5.74, 6) is -2.58. The molecule has 4 rings (SSSR count). The van der Waals surface area contributed by atoms with E-state index < -0.39 is 27.7 Å². The average Bonchev–Trinajstić information content (AvgIpc) is 2.89. The molecular formula is C19H23Cl2F3N4O2S. The molecule has 0 radical (unpaired) electrons. The molecule has 2 aromatic rings. The van der Waals surface area contributed by atoms with Gasteiger partial charge in [0.05, 0.1) is 11.4 Å². The summed E-state index contributed by atoms with van der Waals surface area (Å²) in [7, 11) is -2.27. The van der Waals surface area contributed by atoms with Crippen molar-refractivity contribution in [1.82, 2.24) is 9.80 Å². The molecule has 0 N–H and O–H groups in total. The lowest BCUT2D eigenvalue weighted by atomic mass is 10.2. The summed E-state index contributed by atoms with van der Waals surface area (Å²) >= 11 is 0. The number of para-hydroxylation sites is 1. The molecule has 0 spiro atoms. The number of hydrogen-bond donors (Lipinski definition) is 0. The van der Waals surface area contributed by atoms with Crippen LogP contribution in [0.15, 0.2) is 36.4 Å². The fraction of sp³-hybridized carbons (Fsp3) is 0.368. The molecule has 31 heavy (non-hydrogen) atoms. The van der Waals surface area contributed by atoms with E-state index in [1.165, 1.54) is 18.2 Å². The Labute approximate surface area is 192 Å². The number of fused-ring (bicyclic) bond motifs is 1. The smallest absolute Gasteiger partial charge is 0.304 e. The highest BCUT2D eigenvalue weighted by Crippen LogP contribution is 2.47. The highest BCUT2D eigenvalue weighted by atomic mass is 35.5. The fourth-order valence-corrected chi connectivity index (χ4v) is 5.40. The van der Waals surface area contributed by atoms with Gasteiger partial charge in [-0.15, -0.1) is 24.8 Å². The second-order valence-electron chi connectivity index (χ2n) is 7.19. The van der Waals surface area contributed by atoms with Gasteiger partial charge in [-0.25, -0.2) is 21.8 Å². The van der Waals surface area contributed by atoms with Crippen LogP contribution in [0.5, 0.6) is 0 Å². The van der Waals surface area contributed by atoms with Crippen molar-refractivity contribution in [2.24, 2.45) is 0 Å². The predicted molar refractivity (Wildman–Crippen MR) is 120 cm³/mol. The summed E-state index contributed by atoms with van der Waals surface area (Å²) in [6, 6.07) is 6.57. The van der Waals surface area contributed by atoms with Crippen LogP contribution >= 0.6 is 24.8 Å². The average molecular weight is 499 g/mol. The summed E-state index contributed by atoms with van der Waals surface area (Å²) in [6.07, 6.45) is 0. The van der Waals surface area contributed by atoms with Gasteiger partial charge >= 0.3 is 10.2 Å². The Bertz CT molecular complexity index is 1040. The molecule has 2 heterocycles. The molecular weight excluding hydrogens is 476 g/mol. The zero-order chi connectivity index (χ0) is 20.8.